The third-order valence-corrected chi connectivity index (χ3v) is 9.94. The molecule has 0 aromatic carbocycles. The lowest BCUT2D eigenvalue weighted by molar-refractivity contribution is -0.126. The number of fused-ring (bicyclic) bond motifs is 5. The fourth-order valence-corrected chi connectivity index (χ4v) is 8.18. The van der Waals surface area contributed by atoms with Gasteiger partial charge in [-0.2, -0.15) is 0 Å². The minimum atomic E-state index is -0.0317. The van der Waals surface area contributed by atoms with Gasteiger partial charge in [0.25, 0.3) is 0 Å². The summed E-state index contributed by atoms with van der Waals surface area (Å²) in [6, 6.07) is 0. The zero-order chi connectivity index (χ0) is 19.1. The lowest BCUT2D eigenvalue weighted by atomic mass is 9.44. The zero-order valence-corrected chi connectivity index (χ0v) is 17.8. The molecule has 27 heavy (non-hydrogen) atoms. The molecule has 0 radical (unpaired) electrons. The van der Waals surface area contributed by atoms with Gasteiger partial charge in [-0.25, -0.2) is 0 Å². The highest BCUT2D eigenvalue weighted by Crippen LogP contribution is 2.66. The van der Waals surface area contributed by atoms with Crippen molar-refractivity contribution in [1.29, 1.82) is 0 Å². The summed E-state index contributed by atoms with van der Waals surface area (Å²) < 4.78 is 0. The second-order valence-electron chi connectivity index (χ2n) is 11.1. The molecule has 154 valence electrons. The van der Waals surface area contributed by atoms with E-state index in [0.29, 0.717) is 5.41 Å². The van der Waals surface area contributed by atoms with E-state index in [-0.39, 0.29) is 11.5 Å². The van der Waals surface area contributed by atoms with Gasteiger partial charge in [0.2, 0.25) is 0 Å². The van der Waals surface area contributed by atoms with Crippen LogP contribution in [0.4, 0.5) is 0 Å². The summed E-state index contributed by atoms with van der Waals surface area (Å²) in [5.41, 5.74) is 6.41. The highest BCUT2D eigenvalue weighted by atomic mass is 16.3. The van der Waals surface area contributed by atoms with Crippen LogP contribution in [0.25, 0.3) is 0 Å². The van der Waals surface area contributed by atoms with Crippen molar-refractivity contribution < 1.29 is 5.11 Å². The molecule has 0 aliphatic heterocycles. The molecular formula is C25H43NO. The van der Waals surface area contributed by atoms with E-state index in [2.05, 4.69) is 26.0 Å². The van der Waals surface area contributed by atoms with Gasteiger partial charge in [0, 0.05) is 0 Å². The van der Waals surface area contributed by atoms with Crippen molar-refractivity contribution in [3.05, 3.63) is 12.2 Å². The van der Waals surface area contributed by atoms with Gasteiger partial charge in [-0.1, -0.05) is 26.0 Å². The van der Waals surface area contributed by atoms with E-state index >= 15 is 0 Å². The van der Waals surface area contributed by atoms with Gasteiger partial charge in [-0.05, 0) is 124 Å². The standard InChI is InChI=1S/C25H43NO/c1-24-14-12-18(7-5-3-4-6-16-26)17-19(24)8-9-20-21-10-11-23(27)25(21,2)15-13-22(20)24/h3,5,18-23,27H,4,6-17,26H2,1-2H3. The third kappa shape index (κ3) is 3.44. The molecule has 0 saturated heterocycles. The summed E-state index contributed by atoms with van der Waals surface area (Å²) in [5.74, 6) is 4.49. The normalized spacial score (nSPS) is 49.6. The van der Waals surface area contributed by atoms with Crippen molar-refractivity contribution >= 4 is 0 Å². The van der Waals surface area contributed by atoms with Crippen LogP contribution in [0.3, 0.4) is 0 Å². The summed E-state index contributed by atoms with van der Waals surface area (Å²) >= 11 is 0. The maximum absolute atomic E-state index is 10.6. The Balaban J connectivity index is 1.40. The van der Waals surface area contributed by atoms with Crippen LogP contribution in [0.5, 0.6) is 0 Å². The van der Waals surface area contributed by atoms with Crippen LogP contribution in [0.1, 0.15) is 90.9 Å². The average molecular weight is 374 g/mol. The first-order valence-electron chi connectivity index (χ1n) is 12.0. The zero-order valence-electron chi connectivity index (χ0n) is 17.8. The van der Waals surface area contributed by atoms with Gasteiger partial charge in [-0.15, -0.1) is 0 Å². The van der Waals surface area contributed by atoms with Gasteiger partial charge in [-0.3, -0.25) is 0 Å². The first-order valence-corrected chi connectivity index (χ1v) is 12.0. The van der Waals surface area contributed by atoms with Crippen LogP contribution >= 0.6 is 0 Å². The molecule has 0 spiro atoms. The van der Waals surface area contributed by atoms with E-state index in [1.807, 2.05) is 0 Å². The minimum absolute atomic E-state index is 0.0317. The van der Waals surface area contributed by atoms with Crippen molar-refractivity contribution in [2.45, 2.75) is 97.0 Å². The summed E-state index contributed by atoms with van der Waals surface area (Å²) in [5, 5.41) is 10.6. The van der Waals surface area contributed by atoms with Crippen molar-refractivity contribution in [1.82, 2.24) is 0 Å². The number of aliphatic hydroxyl groups is 1. The second-order valence-corrected chi connectivity index (χ2v) is 11.1. The molecule has 4 aliphatic carbocycles. The van der Waals surface area contributed by atoms with E-state index in [0.717, 1.165) is 55.4 Å². The van der Waals surface area contributed by atoms with Gasteiger partial charge in [0.15, 0.2) is 0 Å². The number of hydrogen-bond acceptors (Lipinski definition) is 2. The molecule has 4 rings (SSSR count). The van der Waals surface area contributed by atoms with E-state index in [4.69, 9.17) is 5.73 Å². The van der Waals surface area contributed by atoms with Crippen molar-refractivity contribution in [2.75, 3.05) is 6.54 Å². The first kappa shape index (κ1) is 20.0. The Morgan fingerprint density at radius 2 is 1.70 bits per heavy atom. The van der Waals surface area contributed by atoms with Crippen molar-refractivity contribution in [2.24, 2.45) is 46.2 Å². The predicted molar refractivity (Wildman–Crippen MR) is 113 cm³/mol. The third-order valence-electron chi connectivity index (χ3n) is 9.94. The van der Waals surface area contributed by atoms with Gasteiger partial charge in [0.05, 0.1) is 6.10 Å². The molecule has 0 heterocycles. The maximum atomic E-state index is 10.6. The molecule has 0 amide bonds. The Morgan fingerprint density at radius 1 is 0.926 bits per heavy atom. The molecule has 4 fully saturated rings. The van der Waals surface area contributed by atoms with Crippen molar-refractivity contribution in [3.63, 3.8) is 0 Å². The van der Waals surface area contributed by atoms with Gasteiger partial charge >= 0.3 is 0 Å². The number of rotatable bonds is 5. The number of nitrogens with two attached hydrogens (primary N) is 1. The Labute approximate surface area is 167 Å². The Kier molecular flexibility index (Phi) is 5.78. The van der Waals surface area contributed by atoms with Crippen LogP contribution in [-0.2, 0) is 0 Å². The summed E-state index contributed by atoms with van der Waals surface area (Å²) in [7, 11) is 0. The molecule has 0 aromatic heterocycles. The van der Waals surface area contributed by atoms with Crippen LogP contribution in [0.2, 0.25) is 0 Å². The number of aliphatic hydroxyl groups excluding tert-OH is 1. The highest BCUT2D eigenvalue weighted by molar-refractivity contribution is 5.09. The SMILES string of the molecule is CC12CCC3C(CCC4CC(CC=CCCCN)CCC43C)C1CCC2O. The van der Waals surface area contributed by atoms with Crippen molar-refractivity contribution in [3.8, 4) is 0 Å². The smallest absolute Gasteiger partial charge is 0.0596 e. The average Bonchev–Trinajstić information content (AvgIpc) is 2.97. The van der Waals surface area contributed by atoms with Crippen LogP contribution in [-0.4, -0.2) is 17.8 Å². The lowest BCUT2D eigenvalue weighted by Gasteiger charge is -2.61. The van der Waals surface area contributed by atoms with Gasteiger partial charge in [0.1, 0.15) is 0 Å². The molecular weight excluding hydrogens is 330 g/mol. The topological polar surface area (TPSA) is 46.2 Å². The maximum Gasteiger partial charge on any atom is 0.0596 e. The Hall–Kier alpha value is -0.340. The van der Waals surface area contributed by atoms with E-state index in [9.17, 15) is 5.11 Å². The van der Waals surface area contributed by atoms with Gasteiger partial charge < -0.3 is 10.8 Å². The molecule has 8 atom stereocenters. The molecule has 8 unspecified atom stereocenters. The molecule has 4 aliphatic rings. The summed E-state index contributed by atoms with van der Waals surface area (Å²) in [6.07, 6.45) is 20.6. The Morgan fingerprint density at radius 3 is 2.52 bits per heavy atom. The molecule has 2 heteroatoms. The minimum Gasteiger partial charge on any atom is -0.393 e. The monoisotopic (exact) mass is 373 g/mol. The molecule has 2 nitrogen and oxygen atoms in total. The quantitative estimate of drug-likeness (QED) is 0.480. The van der Waals surface area contributed by atoms with Crippen LogP contribution < -0.4 is 5.73 Å². The fourth-order valence-electron chi connectivity index (χ4n) is 8.18. The van der Waals surface area contributed by atoms with E-state index in [1.165, 1.54) is 57.8 Å². The molecule has 4 saturated carbocycles. The fraction of sp³-hybridized carbons (Fsp3) is 0.920. The summed E-state index contributed by atoms with van der Waals surface area (Å²) in [6.45, 7) is 5.89. The first-order chi connectivity index (χ1) is 13.0. The second kappa shape index (κ2) is 7.82. The number of unbranched alkanes of at least 4 members (excludes halogenated alkanes) is 1. The largest absolute Gasteiger partial charge is 0.393 e. The van der Waals surface area contributed by atoms with E-state index in [1.54, 1.807) is 0 Å². The molecule has 0 aromatic rings. The summed E-state index contributed by atoms with van der Waals surface area (Å²) in [4.78, 5) is 0. The number of hydrogen-bond donors (Lipinski definition) is 2. The lowest BCUT2D eigenvalue weighted by Crippen LogP contribution is -2.53. The number of allylic oxidation sites excluding steroid dienone is 2. The Bertz CT molecular complexity index is 544. The predicted octanol–water partition coefficient (Wildman–Crippen LogP) is 5.69. The highest BCUT2D eigenvalue weighted by Gasteiger charge is 2.59. The van der Waals surface area contributed by atoms with E-state index < -0.39 is 0 Å². The molecule has 3 N–H and O–H groups in total. The van der Waals surface area contributed by atoms with Crippen LogP contribution in [0.15, 0.2) is 12.2 Å². The van der Waals surface area contributed by atoms with Crippen LogP contribution in [0, 0.1) is 40.4 Å². The molecule has 0 bridgehead atoms.